The molecule has 0 saturated heterocycles. The van der Waals surface area contributed by atoms with E-state index in [0.29, 0.717) is 5.56 Å². The molecular weight excluding hydrogens is 516 g/mol. The number of rotatable bonds is 1. The molecule has 0 N–H and O–H groups in total. The number of allylic oxidation sites excluding steroid dienone is 1. The van der Waals surface area contributed by atoms with E-state index in [1.165, 1.54) is 0 Å². The highest BCUT2D eigenvalue weighted by atomic mass is 79.9. The van der Waals surface area contributed by atoms with Crippen LogP contribution >= 0.6 is 36.6 Å². The van der Waals surface area contributed by atoms with E-state index in [-0.39, 0.29) is 17.1 Å². The summed E-state index contributed by atoms with van der Waals surface area (Å²) in [5, 5.41) is 19.2. The second-order valence-corrected chi connectivity index (χ2v) is 11.6. The van der Waals surface area contributed by atoms with Crippen LogP contribution in [0, 0.1) is 36.5 Å². The average molecular weight is 533 g/mol. The van der Waals surface area contributed by atoms with Gasteiger partial charge in [-0.25, -0.2) is 4.99 Å². The van der Waals surface area contributed by atoms with Gasteiger partial charge in [0.1, 0.15) is 22.4 Å². The van der Waals surface area contributed by atoms with Gasteiger partial charge in [0.2, 0.25) is 0 Å². The van der Waals surface area contributed by atoms with E-state index < -0.39 is 5.54 Å². The number of anilines is 1. The van der Waals surface area contributed by atoms with E-state index in [9.17, 15) is 15.3 Å². The summed E-state index contributed by atoms with van der Waals surface area (Å²) in [5.41, 5.74) is 5.59. The molecule has 0 bridgehead atoms. The van der Waals surface area contributed by atoms with Crippen LogP contribution < -0.4 is 9.57 Å². The van der Waals surface area contributed by atoms with Crippen molar-refractivity contribution in [1.29, 1.82) is 10.5 Å². The second kappa shape index (κ2) is 7.50. The molecule has 0 aliphatic carbocycles. The fourth-order valence-corrected chi connectivity index (χ4v) is 7.79. The summed E-state index contributed by atoms with van der Waals surface area (Å²) >= 11 is 3.47. The van der Waals surface area contributed by atoms with Gasteiger partial charge >= 0.3 is 0 Å². The minimum atomic E-state index is -0.651. The van der Waals surface area contributed by atoms with Gasteiger partial charge in [0.05, 0.1) is 27.4 Å². The fraction of sp³-hybridized carbons (Fsp3) is 0.200. The number of aryl methyl sites for hydroxylation is 1. The third kappa shape index (κ3) is 2.99. The van der Waals surface area contributed by atoms with Crippen molar-refractivity contribution in [2.24, 2.45) is 4.99 Å². The van der Waals surface area contributed by atoms with Gasteiger partial charge < -0.3 is 0 Å². The molecule has 0 atom stereocenters. The zero-order valence-corrected chi connectivity index (χ0v) is 21.5. The Morgan fingerprint density at radius 3 is 2.39 bits per heavy atom. The summed E-state index contributed by atoms with van der Waals surface area (Å²) < 4.78 is 1.88. The maximum absolute atomic E-state index is 13.7. The zero-order chi connectivity index (χ0) is 23.7. The molecule has 8 heteroatoms. The summed E-state index contributed by atoms with van der Waals surface area (Å²) in [6, 6.07) is 13.8. The maximum Gasteiger partial charge on any atom is 0.261 e. The molecule has 0 radical (unpaired) electrons. The third-order valence-corrected chi connectivity index (χ3v) is 9.43. The van der Waals surface area contributed by atoms with Gasteiger partial charge in [-0.3, -0.25) is 9.69 Å². The number of hydrogen-bond donors (Lipinski definition) is 0. The molecule has 5 rings (SSSR count). The molecule has 1 aromatic heterocycles. The predicted molar refractivity (Wildman–Crippen MR) is 135 cm³/mol. The predicted octanol–water partition coefficient (Wildman–Crippen LogP) is 6.48. The Hall–Kier alpha value is -3.04. The number of carbonyl (C=O) groups excluding carboxylic acids is 1. The van der Waals surface area contributed by atoms with Gasteiger partial charge in [-0.15, -0.1) is 0 Å². The van der Waals surface area contributed by atoms with Crippen LogP contribution in [0.1, 0.15) is 35.4 Å². The normalized spacial score (nSPS) is 15.7. The molecule has 2 aliphatic heterocycles. The van der Waals surface area contributed by atoms with Crippen LogP contribution in [-0.2, 0) is 10.3 Å². The lowest BCUT2D eigenvalue weighted by Crippen LogP contribution is -2.45. The Bertz CT molecular complexity index is 1540. The Kier molecular flexibility index (Phi) is 4.95. The first-order chi connectivity index (χ1) is 15.7. The van der Waals surface area contributed by atoms with E-state index in [2.05, 4.69) is 22.0 Å². The Morgan fingerprint density at radius 2 is 1.76 bits per heavy atom. The number of hydrogen-bond acceptors (Lipinski definition) is 6. The number of carbonyl (C=O) groups is 1. The number of nitriles is 2. The number of amides is 1. The van der Waals surface area contributed by atoms with Crippen LogP contribution in [0.15, 0.2) is 45.4 Å². The first-order valence-electron chi connectivity index (χ1n) is 10.2. The van der Waals surface area contributed by atoms with Crippen LogP contribution in [0.25, 0.3) is 16.7 Å². The fourth-order valence-electron chi connectivity index (χ4n) is 4.57. The van der Waals surface area contributed by atoms with E-state index in [1.807, 2.05) is 64.1 Å². The largest absolute Gasteiger partial charge is 0.296 e. The lowest BCUT2D eigenvalue weighted by molar-refractivity contribution is -0.114. The highest BCUT2D eigenvalue weighted by Crippen LogP contribution is 2.57. The van der Waals surface area contributed by atoms with E-state index in [0.717, 1.165) is 47.6 Å². The molecule has 162 valence electrons. The van der Waals surface area contributed by atoms with Crippen molar-refractivity contribution in [3.63, 3.8) is 0 Å². The molecule has 2 aliphatic rings. The van der Waals surface area contributed by atoms with E-state index >= 15 is 0 Å². The third-order valence-electron chi connectivity index (χ3n) is 6.27. The first kappa shape index (κ1) is 21.8. The lowest BCUT2D eigenvalue weighted by Gasteiger charge is -2.40. The van der Waals surface area contributed by atoms with Crippen molar-refractivity contribution in [2.75, 3.05) is 4.90 Å². The van der Waals surface area contributed by atoms with E-state index in [4.69, 9.17) is 4.99 Å². The molecule has 5 nitrogen and oxygen atoms in total. The van der Waals surface area contributed by atoms with Gasteiger partial charge in [-0.1, -0.05) is 36.6 Å². The first-order valence-corrected chi connectivity index (χ1v) is 13.1. The van der Waals surface area contributed by atoms with Crippen LogP contribution in [0.5, 0.6) is 0 Å². The van der Waals surface area contributed by atoms with E-state index in [1.54, 1.807) is 25.6 Å². The van der Waals surface area contributed by atoms with Gasteiger partial charge in [-0.05, 0) is 69.2 Å². The maximum atomic E-state index is 13.7. The minimum Gasteiger partial charge on any atom is -0.296 e. The van der Waals surface area contributed by atoms with Crippen LogP contribution in [0.2, 0.25) is 0 Å². The lowest BCUT2D eigenvalue weighted by atomic mass is 9.85. The molecule has 33 heavy (non-hydrogen) atoms. The zero-order valence-electron chi connectivity index (χ0n) is 18.3. The van der Waals surface area contributed by atoms with Gasteiger partial charge in [0.15, 0.2) is 0 Å². The summed E-state index contributed by atoms with van der Waals surface area (Å²) in [5.74, 6) is -0.293. The van der Waals surface area contributed by atoms with Crippen molar-refractivity contribution in [3.05, 3.63) is 66.6 Å². The molecule has 3 aromatic rings. The van der Waals surface area contributed by atoms with Gasteiger partial charge in [0, 0.05) is 21.2 Å². The number of halogens is 1. The average Bonchev–Trinajstić information content (AvgIpc) is 3.34. The molecule has 3 heterocycles. The van der Waals surface area contributed by atoms with Crippen molar-refractivity contribution < 1.29 is 4.79 Å². The Morgan fingerprint density at radius 1 is 1.09 bits per heavy atom. The standard InChI is InChI=1S/C25H17BrN4OS2/c1-12-9-17-20-22(32-33-23(20)29-16-7-5-15(26)6-8-16)25(3,4)30-21(17)18(13(12)2)19(24(30)31)14(10-27)11-28/h5-9H,1-4H3. The number of fused-ring (bicyclic) bond motifs is 2. The summed E-state index contributed by atoms with van der Waals surface area (Å²) in [4.78, 5) is 21.5. The minimum absolute atomic E-state index is 0.146. The smallest absolute Gasteiger partial charge is 0.261 e. The highest BCUT2D eigenvalue weighted by Gasteiger charge is 2.50. The Balaban J connectivity index is 1.91. The summed E-state index contributed by atoms with van der Waals surface area (Å²) in [6.45, 7) is 7.97. The monoisotopic (exact) mass is 532 g/mol. The van der Waals surface area contributed by atoms with Crippen molar-refractivity contribution in [1.82, 2.24) is 0 Å². The Labute approximate surface area is 207 Å². The van der Waals surface area contributed by atoms with Crippen molar-refractivity contribution in [3.8, 4) is 23.3 Å². The molecule has 2 aromatic carbocycles. The number of benzene rings is 2. The van der Waals surface area contributed by atoms with Crippen molar-refractivity contribution >= 4 is 59.5 Å². The molecule has 0 fully saturated rings. The van der Waals surface area contributed by atoms with Crippen LogP contribution in [-0.4, -0.2) is 5.91 Å². The SMILES string of the molecule is Cc1cc2c3c(c1C)C(=C(C#N)C#N)C(=O)N3C(C)(C)c1ssc(=Nc3ccc(Br)cc3)c1-2. The van der Waals surface area contributed by atoms with Crippen LogP contribution in [0.3, 0.4) is 0 Å². The van der Waals surface area contributed by atoms with Crippen molar-refractivity contribution in [2.45, 2.75) is 33.2 Å². The molecule has 1 amide bonds. The summed E-state index contributed by atoms with van der Waals surface area (Å²) in [7, 11) is 3.22. The second-order valence-electron chi connectivity index (χ2n) is 8.53. The topological polar surface area (TPSA) is 80.2 Å². The molecular formula is C25H17BrN4OS2. The summed E-state index contributed by atoms with van der Waals surface area (Å²) in [6.07, 6.45) is 0. The highest BCUT2D eigenvalue weighted by molar-refractivity contribution is 9.10. The molecule has 0 spiro atoms. The number of nitrogens with zero attached hydrogens (tertiary/aromatic N) is 4. The molecule has 0 saturated carbocycles. The quantitative estimate of drug-likeness (QED) is 0.204. The van der Waals surface area contributed by atoms with Gasteiger partial charge in [-0.2, -0.15) is 10.5 Å². The van der Waals surface area contributed by atoms with Gasteiger partial charge in [0.25, 0.3) is 5.91 Å². The van der Waals surface area contributed by atoms with Crippen LogP contribution in [0.4, 0.5) is 11.4 Å². The molecule has 0 unspecified atom stereocenters.